The van der Waals surface area contributed by atoms with Gasteiger partial charge < -0.3 is 4.74 Å². The summed E-state index contributed by atoms with van der Waals surface area (Å²) in [5.41, 5.74) is 2.09. The fourth-order valence-electron chi connectivity index (χ4n) is 3.96. The van der Waals surface area contributed by atoms with E-state index in [0.29, 0.717) is 18.1 Å². The van der Waals surface area contributed by atoms with E-state index >= 15 is 0 Å². The van der Waals surface area contributed by atoms with E-state index in [0.717, 1.165) is 25.2 Å². The summed E-state index contributed by atoms with van der Waals surface area (Å²) in [5, 5.41) is 0. The number of carbonyl (C=O) groups excluding carboxylic acids is 1. The molecule has 0 unspecified atom stereocenters. The molecule has 0 bridgehead atoms. The molecule has 1 aliphatic carbocycles. The van der Waals surface area contributed by atoms with Crippen molar-refractivity contribution in [1.29, 1.82) is 0 Å². The Balaban J connectivity index is 1.75. The summed E-state index contributed by atoms with van der Waals surface area (Å²) in [6.07, 6.45) is 14.1. The third kappa shape index (κ3) is 6.84. The van der Waals surface area contributed by atoms with E-state index in [1.54, 1.807) is 0 Å². The lowest BCUT2D eigenvalue weighted by Crippen LogP contribution is -2.13. The van der Waals surface area contributed by atoms with Crippen LogP contribution in [0, 0.1) is 5.92 Å². The molecule has 0 saturated heterocycles. The molecule has 0 heterocycles. The van der Waals surface area contributed by atoms with Gasteiger partial charge in [0, 0.05) is 0 Å². The maximum atomic E-state index is 12.0. The zero-order valence-electron chi connectivity index (χ0n) is 16.3. The zero-order valence-corrected chi connectivity index (χ0v) is 16.3. The van der Waals surface area contributed by atoms with Crippen molar-refractivity contribution in [2.24, 2.45) is 5.92 Å². The second-order valence-corrected chi connectivity index (χ2v) is 7.68. The highest BCUT2D eigenvalue weighted by molar-refractivity contribution is 5.89. The van der Waals surface area contributed by atoms with Gasteiger partial charge in [-0.1, -0.05) is 64.5 Å². The minimum absolute atomic E-state index is 0.178. The van der Waals surface area contributed by atoms with E-state index in [1.165, 1.54) is 56.9 Å². The summed E-state index contributed by atoms with van der Waals surface area (Å²) in [7, 11) is 0. The van der Waals surface area contributed by atoms with Gasteiger partial charge in [0.2, 0.25) is 0 Å². The Morgan fingerprint density at radius 3 is 2.20 bits per heavy atom. The van der Waals surface area contributed by atoms with Crippen LogP contribution >= 0.6 is 0 Å². The van der Waals surface area contributed by atoms with Crippen LogP contribution < -0.4 is 0 Å². The van der Waals surface area contributed by atoms with Crippen LogP contribution in [0.1, 0.15) is 106 Å². The van der Waals surface area contributed by atoms with Crippen molar-refractivity contribution in [3.05, 3.63) is 35.4 Å². The lowest BCUT2D eigenvalue weighted by Gasteiger charge is -2.29. The van der Waals surface area contributed by atoms with Crippen molar-refractivity contribution >= 4 is 5.97 Å². The number of ether oxygens (including phenoxy) is 1. The highest BCUT2D eigenvalue weighted by Crippen LogP contribution is 2.37. The van der Waals surface area contributed by atoms with E-state index in [2.05, 4.69) is 26.0 Å². The van der Waals surface area contributed by atoms with E-state index in [4.69, 9.17) is 4.74 Å². The van der Waals surface area contributed by atoms with Crippen molar-refractivity contribution in [3.8, 4) is 0 Å². The van der Waals surface area contributed by atoms with Crippen LogP contribution in [0.4, 0.5) is 0 Å². The number of carbonyl (C=O) groups is 1. The van der Waals surface area contributed by atoms with E-state index in [1.807, 2.05) is 12.1 Å². The Morgan fingerprint density at radius 1 is 0.920 bits per heavy atom. The first-order chi connectivity index (χ1) is 12.2. The quantitative estimate of drug-likeness (QED) is 0.341. The van der Waals surface area contributed by atoms with Gasteiger partial charge in [-0.3, -0.25) is 0 Å². The van der Waals surface area contributed by atoms with Crippen molar-refractivity contribution in [1.82, 2.24) is 0 Å². The highest BCUT2D eigenvalue weighted by atomic mass is 16.5. The van der Waals surface area contributed by atoms with Crippen LogP contribution in [0.3, 0.4) is 0 Å². The highest BCUT2D eigenvalue weighted by Gasteiger charge is 2.22. The van der Waals surface area contributed by atoms with E-state index < -0.39 is 0 Å². The van der Waals surface area contributed by atoms with Gasteiger partial charge in [-0.05, 0) is 61.6 Å². The van der Waals surface area contributed by atoms with Gasteiger partial charge >= 0.3 is 5.97 Å². The van der Waals surface area contributed by atoms with Gasteiger partial charge in [0.25, 0.3) is 0 Å². The fraction of sp³-hybridized carbons (Fsp3) is 0.696. The summed E-state index contributed by atoms with van der Waals surface area (Å²) in [4.78, 5) is 12.0. The van der Waals surface area contributed by atoms with Crippen LogP contribution in [-0.4, -0.2) is 12.6 Å². The number of benzene rings is 1. The standard InChI is InChI=1S/C23H36O2/c1-3-5-7-9-19-10-12-20(13-11-19)21-14-16-22(17-15-21)23(24)25-18-8-6-4-2/h14-17,19-20H,3-13,18H2,1-2H3/t19-,20-. The molecule has 0 atom stereocenters. The Bertz CT molecular complexity index is 483. The molecule has 1 fully saturated rings. The van der Waals surface area contributed by atoms with Crippen LogP contribution in [0.15, 0.2) is 24.3 Å². The minimum Gasteiger partial charge on any atom is -0.462 e. The molecule has 25 heavy (non-hydrogen) atoms. The summed E-state index contributed by atoms with van der Waals surface area (Å²) in [5.74, 6) is 1.44. The van der Waals surface area contributed by atoms with E-state index in [9.17, 15) is 4.79 Å². The van der Waals surface area contributed by atoms with Gasteiger partial charge in [0.05, 0.1) is 12.2 Å². The van der Waals surface area contributed by atoms with Crippen molar-refractivity contribution in [2.75, 3.05) is 6.61 Å². The predicted octanol–water partition coefficient (Wildman–Crippen LogP) is 6.89. The third-order valence-corrected chi connectivity index (χ3v) is 5.66. The minimum atomic E-state index is -0.178. The van der Waals surface area contributed by atoms with Crippen LogP contribution in [-0.2, 0) is 4.74 Å². The Labute approximate surface area is 154 Å². The molecule has 1 aromatic rings. The summed E-state index contributed by atoms with van der Waals surface area (Å²) >= 11 is 0. The van der Waals surface area contributed by atoms with Gasteiger partial charge in [0.1, 0.15) is 0 Å². The topological polar surface area (TPSA) is 26.3 Å². The summed E-state index contributed by atoms with van der Waals surface area (Å²) in [6, 6.07) is 8.19. The number of esters is 1. The average molecular weight is 345 g/mol. The monoisotopic (exact) mass is 344 g/mol. The lowest BCUT2D eigenvalue weighted by atomic mass is 9.77. The SMILES string of the molecule is CCCCCOC(=O)c1ccc([C@H]2CC[C@H](CCCCC)CC2)cc1. The van der Waals surface area contributed by atoms with Gasteiger partial charge in [-0.15, -0.1) is 0 Å². The van der Waals surface area contributed by atoms with Crippen LogP contribution in [0.2, 0.25) is 0 Å². The number of hydrogen-bond acceptors (Lipinski definition) is 2. The molecule has 140 valence electrons. The molecule has 1 aliphatic rings. The second-order valence-electron chi connectivity index (χ2n) is 7.68. The van der Waals surface area contributed by atoms with Crippen molar-refractivity contribution < 1.29 is 9.53 Å². The maximum Gasteiger partial charge on any atom is 0.338 e. The number of rotatable bonds is 10. The van der Waals surface area contributed by atoms with Crippen LogP contribution in [0.5, 0.6) is 0 Å². The Kier molecular flexibility index (Phi) is 9.07. The van der Waals surface area contributed by atoms with Gasteiger partial charge in [0.15, 0.2) is 0 Å². The third-order valence-electron chi connectivity index (χ3n) is 5.66. The Morgan fingerprint density at radius 2 is 1.56 bits per heavy atom. The fourth-order valence-corrected chi connectivity index (χ4v) is 3.96. The van der Waals surface area contributed by atoms with Crippen molar-refractivity contribution in [3.63, 3.8) is 0 Å². The number of hydrogen-bond donors (Lipinski definition) is 0. The molecule has 0 aromatic heterocycles. The molecule has 2 nitrogen and oxygen atoms in total. The summed E-state index contributed by atoms with van der Waals surface area (Å²) in [6.45, 7) is 4.97. The Hall–Kier alpha value is -1.31. The lowest BCUT2D eigenvalue weighted by molar-refractivity contribution is 0.0498. The number of unbranched alkanes of at least 4 members (excludes halogenated alkanes) is 4. The summed E-state index contributed by atoms with van der Waals surface area (Å²) < 4.78 is 5.34. The molecule has 0 N–H and O–H groups in total. The maximum absolute atomic E-state index is 12.0. The van der Waals surface area contributed by atoms with Crippen LogP contribution in [0.25, 0.3) is 0 Å². The molecular weight excluding hydrogens is 308 g/mol. The molecule has 0 amide bonds. The zero-order chi connectivity index (χ0) is 17.9. The van der Waals surface area contributed by atoms with Crippen molar-refractivity contribution in [2.45, 2.75) is 90.4 Å². The molecule has 1 aromatic carbocycles. The van der Waals surface area contributed by atoms with Gasteiger partial charge in [-0.25, -0.2) is 4.79 Å². The molecule has 0 radical (unpaired) electrons. The molecular formula is C23H36O2. The molecule has 0 spiro atoms. The smallest absolute Gasteiger partial charge is 0.338 e. The first kappa shape index (κ1) is 20.0. The molecule has 2 heteroatoms. The predicted molar refractivity (Wildman–Crippen MR) is 105 cm³/mol. The largest absolute Gasteiger partial charge is 0.462 e. The van der Waals surface area contributed by atoms with Gasteiger partial charge in [-0.2, -0.15) is 0 Å². The molecule has 0 aliphatic heterocycles. The molecule has 2 rings (SSSR count). The van der Waals surface area contributed by atoms with E-state index in [-0.39, 0.29) is 5.97 Å². The first-order valence-corrected chi connectivity index (χ1v) is 10.5. The molecule has 1 saturated carbocycles. The second kappa shape index (κ2) is 11.3. The first-order valence-electron chi connectivity index (χ1n) is 10.5. The average Bonchev–Trinajstić information content (AvgIpc) is 2.66. The normalized spacial score (nSPS) is 20.4.